The summed E-state index contributed by atoms with van der Waals surface area (Å²) in [5, 5.41) is 19.1. The second-order valence-corrected chi connectivity index (χ2v) is 31.9. The van der Waals surface area contributed by atoms with Crippen molar-refractivity contribution in [2.24, 2.45) is 20.1 Å². The number of rotatable bonds is 16. The number of carbonyl (C=O) groups excluding carboxylic acids is 3. The average Bonchev–Trinajstić information content (AvgIpc) is 0.752. The molecule has 1 aliphatic carbocycles. The third-order valence-electron chi connectivity index (χ3n) is 23.5. The zero-order valence-electron chi connectivity index (χ0n) is 67.3. The maximum absolute atomic E-state index is 12.5. The van der Waals surface area contributed by atoms with E-state index in [1.807, 2.05) is 117 Å². The Balaban J connectivity index is 0.000000113. The Kier molecular flexibility index (Phi) is 22.5. The molecular formula is C100H95N15O3. The van der Waals surface area contributed by atoms with E-state index in [2.05, 4.69) is 238 Å². The van der Waals surface area contributed by atoms with Crippen LogP contribution in [0, 0.1) is 0 Å². The van der Waals surface area contributed by atoms with E-state index in [1.54, 1.807) is 18.6 Å². The van der Waals surface area contributed by atoms with Gasteiger partial charge in [-0.2, -0.15) is 5.10 Å². The van der Waals surface area contributed by atoms with Crippen LogP contribution < -0.4 is 26.7 Å². The molecule has 12 aromatic rings. The first-order valence-corrected chi connectivity index (χ1v) is 40.7. The van der Waals surface area contributed by atoms with Crippen molar-refractivity contribution in [1.29, 1.82) is 0 Å². The number of aromatic nitrogens is 4. The molecule has 0 fully saturated rings. The fourth-order valence-corrected chi connectivity index (χ4v) is 18.4. The number of hydrazone groups is 1. The number of hydrogen-bond donors (Lipinski definition) is 5. The van der Waals surface area contributed by atoms with Gasteiger partial charge in [-0.1, -0.05) is 196 Å². The highest BCUT2D eigenvalue weighted by molar-refractivity contribution is 6.24. The largest absolute Gasteiger partial charge is 0.377 e. The number of pyridine rings is 4. The highest BCUT2D eigenvalue weighted by Crippen LogP contribution is 2.51. The molecule has 0 saturated carbocycles. The van der Waals surface area contributed by atoms with Crippen LogP contribution in [0.4, 0.5) is 17.1 Å². The first-order valence-electron chi connectivity index (χ1n) is 40.7. The molecule has 18 nitrogen and oxygen atoms in total. The summed E-state index contributed by atoms with van der Waals surface area (Å²) >= 11 is 0. The topological polar surface area (TPSA) is 219 Å². The minimum absolute atomic E-state index is 0.00179. The first kappa shape index (κ1) is 77.4. The molecule has 8 aromatic carbocycles. The standard InChI is InChI=1S/C26H26N4.C25H24N4O.C25H23N3O.C24H22N4O/c1-17-22-8-4-6-20-14-23(21-7-5-13-27-15-21)24(26(25(20)22)29-28-17)19-11-9-18(10-12-19)16-30(2)3;1-29(2)15-16-6-3-7-17(12-16)22-24(18-8-5-11-26-13-18)28-20-10-4-9-19-21(30)14-27-25(22)23(19)20;1-2-6-16-7-3-8-17(13-16)22-24(18-9-5-12-26-14-18)28-20-11-4-10-19-21(29)15-27-25(22)23(19)20;1-25-12-15-7-9-16(10-8-15)21-23(17-4-3-11-26-13-17)28-19-6-2-5-18-20(29)14-27-24(21)22(18)19/h4-13,15,23-24,28H,1,14,16H2,2-3H3;3-13,22,24,28H,14-15H2,1-2H3;3-5,7-14,22,24,28H,2,6,15H2,1H3;2-11,13,21,23,25,28H,12,14H2,1H3. The molecule has 18 heteroatoms. The maximum Gasteiger partial charge on any atom is 0.184 e. The van der Waals surface area contributed by atoms with E-state index < -0.39 is 0 Å². The Morgan fingerprint density at radius 2 is 0.797 bits per heavy atom. The number of aliphatic imine (C=N–C) groups is 3. The van der Waals surface area contributed by atoms with Crippen molar-refractivity contribution in [3.63, 3.8) is 0 Å². The summed E-state index contributed by atoms with van der Waals surface area (Å²) < 4.78 is 0. The van der Waals surface area contributed by atoms with Gasteiger partial charge >= 0.3 is 0 Å². The molecule has 0 saturated heterocycles. The van der Waals surface area contributed by atoms with Gasteiger partial charge in [0.2, 0.25) is 0 Å². The minimum Gasteiger partial charge on any atom is -0.377 e. The van der Waals surface area contributed by atoms with E-state index in [0.29, 0.717) is 0 Å². The zero-order valence-corrected chi connectivity index (χ0v) is 67.3. The molecule has 8 unspecified atom stereocenters. The van der Waals surface area contributed by atoms with Gasteiger partial charge in [-0.15, -0.1) is 0 Å². The summed E-state index contributed by atoms with van der Waals surface area (Å²) in [5.41, 5.74) is 34.6. The van der Waals surface area contributed by atoms with E-state index in [-0.39, 0.29) is 84.7 Å². The first-order chi connectivity index (χ1) is 57.7. The Bertz CT molecular complexity index is 5890. The van der Waals surface area contributed by atoms with E-state index in [0.717, 1.165) is 140 Å². The van der Waals surface area contributed by atoms with Crippen molar-refractivity contribution < 1.29 is 14.4 Å². The summed E-state index contributed by atoms with van der Waals surface area (Å²) in [6.07, 6.45) is 18.1. The van der Waals surface area contributed by atoms with Gasteiger partial charge in [-0.25, -0.2) is 0 Å². The van der Waals surface area contributed by atoms with Gasteiger partial charge in [0.1, 0.15) is 19.6 Å². The van der Waals surface area contributed by atoms with Crippen molar-refractivity contribution in [2.75, 3.05) is 70.8 Å². The van der Waals surface area contributed by atoms with Gasteiger partial charge in [-0.05, 0) is 163 Å². The highest BCUT2D eigenvalue weighted by atomic mass is 16.1. The van der Waals surface area contributed by atoms with Crippen LogP contribution in [0.5, 0.6) is 0 Å². The van der Waals surface area contributed by atoms with Crippen LogP contribution in [0.3, 0.4) is 0 Å². The van der Waals surface area contributed by atoms with Crippen LogP contribution >= 0.6 is 0 Å². The van der Waals surface area contributed by atoms with Gasteiger partial charge in [0, 0.05) is 143 Å². The molecule has 4 aromatic heterocycles. The molecule has 7 aliphatic heterocycles. The average molecular weight is 1550 g/mol. The van der Waals surface area contributed by atoms with Crippen LogP contribution in [0.1, 0.15) is 192 Å². The number of anilines is 3. The zero-order chi connectivity index (χ0) is 80.9. The molecule has 0 radical (unpaired) electrons. The van der Waals surface area contributed by atoms with Crippen LogP contribution in [0.2, 0.25) is 0 Å². The fourth-order valence-electron chi connectivity index (χ4n) is 18.4. The SMILES string of the molecule is C=C1NN=C2c3c(cccc31)CC(c1cccnc1)C2c1ccc(CN(C)C)cc1.CCCc1cccc(C2C3=NCC(=O)c4cccc(c43)NC2c2cccnc2)c1.CN(C)Cc1cccc(C2C3=NCC(=O)c4cccc(c43)NC2c2cccnc2)c1.CNCc1ccc(C2C3=NCC(=O)c4cccc(c43)NC2c2cccnc2)cc1. The highest BCUT2D eigenvalue weighted by Gasteiger charge is 2.44. The lowest BCUT2D eigenvalue weighted by molar-refractivity contribution is 0.0992. The Hall–Kier alpha value is -13.1. The lowest BCUT2D eigenvalue weighted by Crippen LogP contribution is -2.36. The monoisotopic (exact) mass is 1550 g/mol. The van der Waals surface area contributed by atoms with Crippen molar-refractivity contribution in [2.45, 2.75) is 93.5 Å². The minimum atomic E-state index is -0.0111. The molecule has 11 heterocycles. The van der Waals surface area contributed by atoms with Crippen LogP contribution in [-0.2, 0) is 32.5 Å². The Labute approximate surface area is 689 Å². The summed E-state index contributed by atoms with van der Waals surface area (Å²) in [6, 6.07) is 75.8. The second kappa shape index (κ2) is 34.4. The van der Waals surface area contributed by atoms with Crippen molar-refractivity contribution >= 4 is 63.0 Å². The number of nitrogens with zero attached hydrogens (tertiary/aromatic N) is 10. The van der Waals surface area contributed by atoms with Gasteiger partial charge < -0.3 is 31.1 Å². The molecule has 588 valence electrons. The van der Waals surface area contributed by atoms with E-state index in [1.165, 1.54) is 61.2 Å². The van der Waals surface area contributed by atoms with Gasteiger partial charge in [0.05, 0.1) is 64.4 Å². The molecule has 8 aliphatic rings. The molecule has 5 N–H and O–H groups in total. The van der Waals surface area contributed by atoms with Gasteiger partial charge in [0.15, 0.2) is 17.3 Å². The van der Waals surface area contributed by atoms with E-state index in [4.69, 9.17) is 20.1 Å². The quantitative estimate of drug-likeness (QED) is 0.0608. The number of hydrogen-bond acceptors (Lipinski definition) is 18. The summed E-state index contributed by atoms with van der Waals surface area (Å²) in [5.74, 6) is 0.726. The predicted molar refractivity (Wildman–Crippen MR) is 472 cm³/mol. The van der Waals surface area contributed by atoms with Gasteiger partial charge in [-0.3, -0.25) is 54.7 Å². The number of nitrogens with one attached hydrogen (secondary N) is 5. The smallest absolute Gasteiger partial charge is 0.184 e. The number of benzene rings is 8. The molecular weight excluding hydrogens is 1460 g/mol. The molecule has 118 heavy (non-hydrogen) atoms. The summed E-state index contributed by atoms with van der Waals surface area (Å²) in [7, 11) is 10.3. The second-order valence-electron chi connectivity index (χ2n) is 31.9. The lowest BCUT2D eigenvalue weighted by Gasteiger charge is -2.38. The fraction of sp³-hybridized carbons (Fsp3) is 0.230. The van der Waals surface area contributed by atoms with Crippen LogP contribution in [-0.4, -0.2) is 125 Å². The third kappa shape index (κ3) is 15.7. The van der Waals surface area contributed by atoms with E-state index >= 15 is 0 Å². The van der Waals surface area contributed by atoms with Crippen molar-refractivity contribution in [1.82, 2.24) is 40.5 Å². The number of aryl methyl sites for hydroxylation is 1. The summed E-state index contributed by atoms with van der Waals surface area (Å²) in [4.78, 5) is 73.7. The van der Waals surface area contributed by atoms with Crippen molar-refractivity contribution in [3.05, 3.63) is 391 Å². The Morgan fingerprint density at radius 3 is 1.25 bits per heavy atom. The number of carbonyl (C=O) groups is 3. The van der Waals surface area contributed by atoms with Crippen LogP contribution in [0.25, 0.3) is 5.70 Å². The normalized spacial score (nSPS) is 19.9. The third-order valence-corrected chi connectivity index (χ3v) is 23.5. The predicted octanol–water partition coefficient (Wildman–Crippen LogP) is 17.3. The van der Waals surface area contributed by atoms with Crippen molar-refractivity contribution in [3.8, 4) is 0 Å². The summed E-state index contributed by atoms with van der Waals surface area (Å²) in [6.45, 7) is 9.65. The molecule has 0 bridgehead atoms. The van der Waals surface area contributed by atoms with E-state index in [9.17, 15) is 14.4 Å². The molecule has 0 spiro atoms. The van der Waals surface area contributed by atoms with Crippen LogP contribution in [0.15, 0.2) is 295 Å². The molecule has 0 amide bonds. The molecule has 20 rings (SSSR count). The number of ketones is 3. The van der Waals surface area contributed by atoms with Gasteiger partial charge in [0.25, 0.3) is 0 Å². The lowest BCUT2D eigenvalue weighted by atomic mass is 9.67. The Morgan fingerprint density at radius 1 is 0.398 bits per heavy atom. The number of Topliss-reactive ketones (excluding diaryl/α,β-unsaturated/α-hetero) is 3. The maximum atomic E-state index is 12.5. The molecule has 8 atom stereocenters.